The predicted molar refractivity (Wildman–Crippen MR) is 91.0 cm³/mol. The summed E-state index contributed by atoms with van der Waals surface area (Å²) in [7, 11) is 0. The van der Waals surface area contributed by atoms with E-state index in [1.807, 2.05) is 18.2 Å². The normalized spacial score (nSPS) is 10.4. The summed E-state index contributed by atoms with van der Waals surface area (Å²) in [6.45, 7) is 4.92. The Kier molecular flexibility index (Phi) is 5.23. The first-order valence-corrected chi connectivity index (χ1v) is 7.76. The maximum absolute atomic E-state index is 12.1. The molecule has 0 saturated carbocycles. The van der Waals surface area contributed by atoms with Crippen LogP contribution in [-0.4, -0.2) is 18.5 Å². The van der Waals surface area contributed by atoms with Crippen LogP contribution in [-0.2, 0) is 9.53 Å². The minimum atomic E-state index is -0.551. The molecule has 1 amide bonds. The van der Waals surface area contributed by atoms with Crippen LogP contribution in [0.1, 0.15) is 27.4 Å². The van der Waals surface area contributed by atoms with E-state index in [0.29, 0.717) is 22.8 Å². The lowest BCUT2D eigenvalue weighted by atomic mass is 10.1. The average Bonchev–Trinajstić information content (AvgIpc) is 2.72. The zero-order chi connectivity index (χ0) is 16.3. The highest BCUT2D eigenvalue weighted by Gasteiger charge is 2.20. The zero-order valence-electron chi connectivity index (χ0n) is 12.5. The molecule has 0 aliphatic heterocycles. The number of amides is 1. The number of rotatable bonds is 4. The number of nitrogens with one attached hydrogen (secondary N) is 1. The number of hydrogen-bond donors (Lipinski definition) is 1. The second-order valence-corrected chi connectivity index (χ2v) is 5.98. The van der Waals surface area contributed by atoms with Gasteiger partial charge in [0.25, 0.3) is 5.91 Å². The molecular formula is C16H16INO4. The number of hydrogen-bond acceptors (Lipinski definition) is 4. The molecule has 116 valence electrons. The minimum absolute atomic E-state index is 0.340. The van der Waals surface area contributed by atoms with Gasteiger partial charge in [-0.15, -0.1) is 0 Å². The molecule has 2 aromatic rings. The smallest absolute Gasteiger partial charge is 0.342 e. The number of halogens is 1. The summed E-state index contributed by atoms with van der Waals surface area (Å²) < 4.78 is 11.4. The Morgan fingerprint density at radius 3 is 2.45 bits per heavy atom. The van der Waals surface area contributed by atoms with Crippen molar-refractivity contribution in [2.24, 2.45) is 0 Å². The topological polar surface area (TPSA) is 68.5 Å². The molecule has 0 radical (unpaired) electrons. The number of furan rings is 1. The van der Waals surface area contributed by atoms with Gasteiger partial charge >= 0.3 is 5.97 Å². The molecule has 1 heterocycles. The molecule has 0 atom stereocenters. The van der Waals surface area contributed by atoms with E-state index in [-0.39, 0.29) is 12.5 Å². The summed E-state index contributed by atoms with van der Waals surface area (Å²) in [6, 6.07) is 7.37. The number of aryl methyl sites for hydroxylation is 2. The summed E-state index contributed by atoms with van der Waals surface area (Å²) in [4.78, 5) is 23.9. The fraction of sp³-hybridized carbons (Fsp3) is 0.250. The van der Waals surface area contributed by atoms with E-state index >= 15 is 0 Å². The monoisotopic (exact) mass is 413 g/mol. The number of esters is 1. The Bertz CT molecular complexity index is 721. The third kappa shape index (κ3) is 3.68. The maximum Gasteiger partial charge on any atom is 0.342 e. The Morgan fingerprint density at radius 1 is 1.18 bits per heavy atom. The molecule has 22 heavy (non-hydrogen) atoms. The van der Waals surface area contributed by atoms with Gasteiger partial charge in [0.2, 0.25) is 0 Å². The van der Waals surface area contributed by atoms with E-state index in [2.05, 4.69) is 27.9 Å². The Hall–Kier alpha value is -1.83. The molecule has 5 nitrogen and oxygen atoms in total. The van der Waals surface area contributed by atoms with Crippen molar-refractivity contribution in [1.82, 2.24) is 0 Å². The van der Waals surface area contributed by atoms with E-state index in [9.17, 15) is 9.59 Å². The molecule has 0 unspecified atom stereocenters. The molecule has 0 saturated heterocycles. The van der Waals surface area contributed by atoms with Gasteiger partial charge in [-0.25, -0.2) is 4.79 Å². The van der Waals surface area contributed by atoms with Gasteiger partial charge in [0.15, 0.2) is 6.61 Å². The van der Waals surface area contributed by atoms with Crippen molar-refractivity contribution >= 4 is 40.2 Å². The molecular weight excluding hydrogens is 397 g/mol. The van der Waals surface area contributed by atoms with Crippen molar-refractivity contribution in [3.05, 3.63) is 50.5 Å². The van der Waals surface area contributed by atoms with Gasteiger partial charge in [0.05, 0.1) is 5.69 Å². The van der Waals surface area contributed by atoms with Gasteiger partial charge in [-0.2, -0.15) is 0 Å². The standard InChI is InChI=1S/C16H16INO4/c1-9-10(2)22-11(3)15(9)16(20)21-8-14(19)18-13-7-5-4-6-12(13)17/h4-7H,8H2,1-3H3,(H,18,19). The number of anilines is 1. The fourth-order valence-electron chi connectivity index (χ4n) is 2.05. The largest absolute Gasteiger partial charge is 0.465 e. The van der Waals surface area contributed by atoms with E-state index in [1.54, 1.807) is 26.8 Å². The van der Waals surface area contributed by atoms with E-state index in [1.165, 1.54) is 0 Å². The van der Waals surface area contributed by atoms with Crippen molar-refractivity contribution in [2.45, 2.75) is 20.8 Å². The summed E-state index contributed by atoms with van der Waals surface area (Å²) in [5.41, 5.74) is 1.82. The van der Waals surface area contributed by atoms with Crippen LogP contribution in [0.2, 0.25) is 0 Å². The van der Waals surface area contributed by atoms with Gasteiger partial charge in [0.1, 0.15) is 17.1 Å². The van der Waals surface area contributed by atoms with Crippen LogP contribution >= 0.6 is 22.6 Å². The van der Waals surface area contributed by atoms with Gasteiger partial charge in [-0.3, -0.25) is 4.79 Å². The SMILES string of the molecule is Cc1oc(C)c(C(=O)OCC(=O)Nc2ccccc2I)c1C. The molecule has 1 aromatic carbocycles. The maximum atomic E-state index is 12.1. The molecule has 0 fully saturated rings. The lowest BCUT2D eigenvalue weighted by Crippen LogP contribution is -2.21. The molecule has 6 heteroatoms. The van der Waals surface area contributed by atoms with Crippen LogP contribution in [0.15, 0.2) is 28.7 Å². The first-order valence-electron chi connectivity index (χ1n) is 6.68. The second kappa shape index (κ2) is 6.95. The van der Waals surface area contributed by atoms with Gasteiger partial charge in [0, 0.05) is 9.13 Å². The highest BCUT2D eigenvalue weighted by atomic mass is 127. The predicted octanol–water partition coefficient (Wildman–Crippen LogP) is 3.60. The van der Waals surface area contributed by atoms with E-state index in [0.717, 1.165) is 9.13 Å². The van der Waals surface area contributed by atoms with Crippen molar-refractivity contribution in [3.63, 3.8) is 0 Å². The number of carbonyl (C=O) groups excluding carboxylic acids is 2. The lowest BCUT2D eigenvalue weighted by molar-refractivity contribution is -0.119. The third-order valence-corrected chi connectivity index (χ3v) is 4.19. The third-order valence-electron chi connectivity index (χ3n) is 3.25. The fourth-order valence-corrected chi connectivity index (χ4v) is 2.57. The number of para-hydroxylation sites is 1. The molecule has 0 aliphatic rings. The van der Waals surface area contributed by atoms with Crippen molar-refractivity contribution < 1.29 is 18.7 Å². The van der Waals surface area contributed by atoms with Crippen molar-refractivity contribution in [2.75, 3.05) is 11.9 Å². The Labute approximate surface area is 142 Å². The second-order valence-electron chi connectivity index (χ2n) is 4.82. The molecule has 1 aromatic heterocycles. The van der Waals surface area contributed by atoms with E-state index < -0.39 is 5.97 Å². The highest BCUT2D eigenvalue weighted by molar-refractivity contribution is 14.1. The molecule has 0 spiro atoms. The summed E-state index contributed by atoms with van der Waals surface area (Å²) >= 11 is 2.12. The van der Waals surface area contributed by atoms with Gasteiger partial charge in [-0.1, -0.05) is 12.1 Å². The lowest BCUT2D eigenvalue weighted by Gasteiger charge is -2.08. The van der Waals surface area contributed by atoms with Gasteiger partial charge in [-0.05, 0) is 55.5 Å². The summed E-state index contributed by atoms with van der Waals surface area (Å²) in [5.74, 6) is 0.239. The van der Waals surface area contributed by atoms with Crippen LogP contribution in [0.3, 0.4) is 0 Å². The van der Waals surface area contributed by atoms with Crippen LogP contribution in [0.4, 0.5) is 5.69 Å². The van der Waals surface area contributed by atoms with E-state index in [4.69, 9.17) is 9.15 Å². The van der Waals surface area contributed by atoms with Crippen molar-refractivity contribution in [3.8, 4) is 0 Å². The number of benzene rings is 1. The zero-order valence-corrected chi connectivity index (χ0v) is 14.7. The number of ether oxygens (including phenoxy) is 1. The molecule has 0 aliphatic carbocycles. The van der Waals surface area contributed by atoms with Crippen molar-refractivity contribution in [1.29, 1.82) is 0 Å². The molecule has 1 N–H and O–H groups in total. The number of carbonyl (C=O) groups is 2. The quantitative estimate of drug-likeness (QED) is 0.615. The average molecular weight is 413 g/mol. The molecule has 2 rings (SSSR count). The molecule has 0 bridgehead atoms. The Balaban J connectivity index is 1.97. The highest BCUT2D eigenvalue weighted by Crippen LogP contribution is 2.21. The first-order chi connectivity index (χ1) is 10.4. The van der Waals surface area contributed by atoms with Crippen LogP contribution in [0.25, 0.3) is 0 Å². The Morgan fingerprint density at radius 2 is 1.86 bits per heavy atom. The summed E-state index contributed by atoms with van der Waals surface area (Å²) in [5, 5.41) is 2.70. The van der Waals surface area contributed by atoms with Crippen LogP contribution in [0, 0.1) is 24.3 Å². The first kappa shape index (κ1) is 16.5. The van der Waals surface area contributed by atoms with Gasteiger partial charge < -0.3 is 14.5 Å². The summed E-state index contributed by atoms with van der Waals surface area (Å²) in [6.07, 6.45) is 0. The van der Waals surface area contributed by atoms with Crippen LogP contribution < -0.4 is 5.32 Å². The minimum Gasteiger partial charge on any atom is -0.465 e. The van der Waals surface area contributed by atoms with Crippen LogP contribution in [0.5, 0.6) is 0 Å².